The predicted octanol–water partition coefficient (Wildman–Crippen LogP) is 3.67. The minimum absolute atomic E-state index is 0.140. The van der Waals surface area contributed by atoms with E-state index in [1.807, 2.05) is 36.9 Å². The molecular formula is C20H28N2O2. The number of hydrogen-bond acceptors (Lipinski definition) is 2. The maximum absolute atomic E-state index is 12.8. The Labute approximate surface area is 144 Å². The van der Waals surface area contributed by atoms with Crippen molar-refractivity contribution in [3.8, 4) is 0 Å². The number of carbonyl (C=O) groups excluding carboxylic acids is 2. The summed E-state index contributed by atoms with van der Waals surface area (Å²) in [6.45, 7) is 11.4. The van der Waals surface area contributed by atoms with E-state index in [1.54, 1.807) is 0 Å². The molecule has 0 aromatic heterocycles. The summed E-state index contributed by atoms with van der Waals surface area (Å²) in [5.41, 5.74) is 3.21. The minimum Gasteiger partial charge on any atom is -0.331 e. The molecule has 2 amide bonds. The van der Waals surface area contributed by atoms with Crippen molar-refractivity contribution in [2.45, 2.75) is 59.9 Å². The number of rotatable bonds is 1. The Kier molecular flexibility index (Phi) is 3.97. The van der Waals surface area contributed by atoms with E-state index in [4.69, 9.17) is 0 Å². The van der Waals surface area contributed by atoms with E-state index in [9.17, 15) is 9.59 Å². The van der Waals surface area contributed by atoms with E-state index in [-0.39, 0.29) is 22.8 Å². The zero-order chi connectivity index (χ0) is 17.7. The summed E-state index contributed by atoms with van der Waals surface area (Å²) in [5, 5.41) is 2.81. The molecule has 1 aromatic rings. The van der Waals surface area contributed by atoms with Crippen LogP contribution in [0.2, 0.25) is 0 Å². The van der Waals surface area contributed by atoms with Gasteiger partial charge < -0.3 is 10.2 Å². The van der Waals surface area contributed by atoms with Gasteiger partial charge in [-0.2, -0.15) is 0 Å². The number of benzene rings is 1. The number of hydrogen-bond donors (Lipinski definition) is 1. The first-order valence-electron chi connectivity index (χ1n) is 8.78. The van der Waals surface area contributed by atoms with Crippen LogP contribution in [0.15, 0.2) is 18.2 Å². The topological polar surface area (TPSA) is 49.4 Å². The van der Waals surface area contributed by atoms with Crippen LogP contribution in [0.25, 0.3) is 0 Å². The van der Waals surface area contributed by atoms with Crippen LogP contribution in [0.3, 0.4) is 0 Å². The highest BCUT2D eigenvalue weighted by molar-refractivity contribution is 6.39. The van der Waals surface area contributed by atoms with Crippen LogP contribution in [0.1, 0.15) is 51.2 Å². The van der Waals surface area contributed by atoms with Crippen LogP contribution in [0.5, 0.6) is 0 Å². The summed E-state index contributed by atoms with van der Waals surface area (Å²) in [6, 6.07) is 5.93. The molecule has 0 spiro atoms. The summed E-state index contributed by atoms with van der Waals surface area (Å²) in [5.74, 6) is -0.903. The molecule has 4 heteroatoms. The molecule has 130 valence electrons. The van der Waals surface area contributed by atoms with Gasteiger partial charge in [0, 0.05) is 18.3 Å². The predicted molar refractivity (Wildman–Crippen MR) is 95.8 cm³/mol. The first kappa shape index (κ1) is 17.0. The Morgan fingerprint density at radius 2 is 1.88 bits per heavy atom. The maximum Gasteiger partial charge on any atom is 0.313 e. The second kappa shape index (κ2) is 5.61. The fourth-order valence-electron chi connectivity index (χ4n) is 4.89. The molecule has 1 N–H and O–H groups in total. The molecule has 2 bridgehead atoms. The third-order valence-corrected chi connectivity index (χ3v) is 5.72. The van der Waals surface area contributed by atoms with E-state index in [0.29, 0.717) is 6.54 Å². The van der Waals surface area contributed by atoms with E-state index >= 15 is 0 Å². The van der Waals surface area contributed by atoms with Gasteiger partial charge in [-0.3, -0.25) is 9.59 Å². The second-order valence-corrected chi connectivity index (χ2v) is 8.85. The van der Waals surface area contributed by atoms with Gasteiger partial charge in [0.2, 0.25) is 0 Å². The summed E-state index contributed by atoms with van der Waals surface area (Å²) < 4.78 is 0. The monoisotopic (exact) mass is 328 g/mol. The van der Waals surface area contributed by atoms with Crippen molar-refractivity contribution < 1.29 is 9.59 Å². The maximum atomic E-state index is 12.8. The van der Waals surface area contributed by atoms with Gasteiger partial charge in [0.25, 0.3) is 0 Å². The van der Waals surface area contributed by atoms with Crippen LogP contribution in [-0.2, 0) is 9.59 Å². The second-order valence-electron chi connectivity index (χ2n) is 8.85. The number of nitrogens with zero attached hydrogens (tertiary/aromatic N) is 1. The van der Waals surface area contributed by atoms with E-state index in [0.717, 1.165) is 36.1 Å². The van der Waals surface area contributed by atoms with E-state index < -0.39 is 5.91 Å². The zero-order valence-electron chi connectivity index (χ0n) is 15.4. The molecule has 1 saturated heterocycles. The molecule has 4 nitrogen and oxygen atoms in total. The highest BCUT2D eigenvalue weighted by Gasteiger charge is 2.51. The Morgan fingerprint density at radius 1 is 1.17 bits per heavy atom. The van der Waals surface area contributed by atoms with Gasteiger partial charge in [-0.05, 0) is 61.1 Å². The minimum atomic E-state index is -0.516. The largest absolute Gasteiger partial charge is 0.331 e. The fourth-order valence-corrected chi connectivity index (χ4v) is 4.89. The lowest BCUT2D eigenvalue weighted by molar-refractivity contribution is -0.144. The molecule has 1 saturated carbocycles. The van der Waals surface area contributed by atoms with Crippen LogP contribution in [-0.4, -0.2) is 29.3 Å². The van der Waals surface area contributed by atoms with Gasteiger partial charge >= 0.3 is 11.8 Å². The summed E-state index contributed by atoms with van der Waals surface area (Å²) >= 11 is 0. The number of likely N-dealkylation sites (tertiary alicyclic amines) is 1. The van der Waals surface area contributed by atoms with Crippen molar-refractivity contribution in [3.05, 3.63) is 29.3 Å². The van der Waals surface area contributed by atoms with E-state index in [1.165, 1.54) is 0 Å². The Hall–Kier alpha value is -1.84. The standard InChI is InChI=1S/C20H28N2O2/c1-13-7-6-8-16(14(13)2)21-17(23)18(24)22-12-20(5)10-15(22)9-19(3,4)11-20/h6-8,15H,9-12H2,1-5H3,(H,21,23). The van der Waals surface area contributed by atoms with Crippen molar-refractivity contribution in [1.82, 2.24) is 4.90 Å². The molecule has 24 heavy (non-hydrogen) atoms. The molecule has 3 rings (SSSR count). The van der Waals surface area contributed by atoms with Crippen molar-refractivity contribution in [3.63, 3.8) is 0 Å². The van der Waals surface area contributed by atoms with Gasteiger partial charge in [-0.1, -0.05) is 32.9 Å². The van der Waals surface area contributed by atoms with Crippen LogP contribution in [0.4, 0.5) is 5.69 Å². The number of nitrogens with one attached hydrogen (secondary N) is 1. The van der Waals surface area contributed by atoms with Gasteiger partial charge in [0.1, 0.15) is 0 Å². The van der Waals surface area contributed by atoms with Crippen molar-refractivity contribution in [2.24, 2.45) is 10.8 Å². The average Bonchev–Trinajstić information content (AvgIpc) is 2.72. The summed E-state index contributed by atoms with van der Waals surface area (Å²) in [6.07, 6.45) is 3.10. The highest BCUT2D eigenvalue weighted by atomic mass is 16.2. The first-order valence-corrected chi connectivity index (χ1v) is 8.78. The Morgan fingerprint density at radius 3 is 2.58 bits per heavy atom. The zero-order valence-corrected chi connectivity index (χ0v) is 15.4. The molecule has 1 aromatic carbocycles. The summed E-state index contributed by atoms with van der Waals surface area (Å²) in [4.78, 5) is 27.1. The van der Waals surface area contributed by atoms with Crippen molar-refractivity contribution >= 4 is 17.5 Å². The lowest BCUT2D eigenvalue weighted by atomic mass is 9.65. The molecular weight excluding hydrogens is 300 g/mol. The number of aryl methyl sites for hydroxylation is 1. The summed E-state index contributed by atoms with van der Waals surface area (Å²) in [7, 11) is 0. The smallest absolute Gasteiger partial charge is 0.313 e. The third-order valence-electron chi connectivity index (χ3n) is 5.72. The highest BCUT2D eigenvalue weighted by Crippen LogP contribution is 2.52. The van der Waals surface area contributed by atoms with Gasteiger partial charge in [0.15, 0.2) is 0 Å². The quantitative estimate of drug-likeness (QED) is 0.800. The number of amides is 2. The molecule has 1 aliphatic carbocycles. The van der Waals surface area contributed by atoms with E-state index in [2.05, 4.69) is 26.1 Å². The third kappa shape index (κ3) is 3.06. The lowest BCUT2D eigenvalue weighted by Gasteiger charge is -2.39. The van der Waals surface area contributed by atoms with Crippen LogP contribution < -0.4 is 5.32 Å². The van der Waals surface area contributed by atoms with Gasteiger partial charge in [-0.25, -0.2) is 0 Å². The van der Waals surface area contributed by atoms with Crippen LogP contribution >= 0.6 is 0 Å². The van der Waals surface area contributed by atoms with Crippen molar-refractivity contribution in [2.75, 3.05) is 11.9 Å². The fraction of sp³-hybridized carbons (Fsp3) is 0.600. The van der Waals surface area contributed by atoms with Crippen molar-refractivity contribution in [1.29, 1.82) is 0 Å². The Bertz CT molecular complexity index is 695. The molecule has 0 radical (unpaired) electrons. The number of anilines is 1. The molecule has 2 atom stereocenters. The molecule has 1 heterocycles. The Balaban J connectivity index is 1.75. The SMILES string of the molecule is Cc1cccc(NC(=O)C(=O)N2CC3(C)CC2CC(C)(C)C3)c1C. The van der Waals surface area contributed by atoms with Crippen LogP contribution in [0, 0.1) is 24.7 Å². The average molecular weight is 328 g/mol. The van der Waals surface area contributed by atoms with Gasteiger partial charge in [0.05, 0.1) is 0 Å². The first-order chi connectivity index (χ1) is 11.1. The molecule has 1 aliphatic heterocycles. The lowest BCUT2D eigenvalue weighted by Crippen LogP contribution is -2.43. The molecule has 2 unspecified atom stereocenters. The number of carbonyl (C=O) groups is 2. The van der Waals surface area contributed by atoms with Gasteiger partial charge in [-0.15, -0.1) is 0 Å². The number of fused-ring (bicyclic) bond motifs is 2. The molecule has 2 aliphatic rings. The normalized spacial score (nSPS) is 27.9. The molecule has 2 fully saturated rings.